The third-order valence-corrected chi connectivity index (χ3v) is 7.23. The van der Waals surface area contributed by atoms with Crippen LogP contribution in [0.5, 0.6) is 11.5 Å². The fraction of sp³-hybridized carbons (Fsp3) is 0.143. The maximum atomic E-state index is 14.2. The Labute approximate surface area is 161 Å². The summed E-state index contributed by atoms with van der Waals surface area (Å²) in [5.41, 5.74) is 0.477. The maximum Gasteiger partial charge on any atom is 0.448 e. The van der Waals surface area contributed by atoms with E-state index >= 15 is 0 Å². The van der Waals surface area contributed by atoms with E-state index in [-0.39, 0.29) is 16.2 Å². The lowest BCUT2D eigenvalue weighted by Crippen LogP contribution is -2.28. The molecule has 0 heterocycles. The molecule has 1 atom stereocenters. The summed E-state index contributed by atoms with van der Waals surface area (Å²) in [4.78, 5) is 0. The smallest absolute Gasteiger partial charge is 0.448 e. The van der Waals surface area contributed by atoms with Crippen molar-refractivity contribution in [1.82, 2.24) is 0 Å². The van der Waals surface area contributed by atoms with Crippen molar-refractivity contribution in [3.63, 3.8) is 0 Å². The number of rotatable bonds is 5. The molecular weight excluding hydrogens is 388 g/mol. The molecule has 0 aromatic heterocycles. The van der Waals surface area contributed by atoms with E-state index in [1.165, 1.54) is 56.7 Å². The highest BCUT2D eigenvalue weighted by molar-refractivity contribution is 7.79. The fourth-order valence-electron chi connectivity index (χ4n) is 3.14. The zero-order chi connectivity index (χ0) is 20.4. The molecule has 3 rings (SSSR count). The van der Waals surface area contributed by atoms with Crippen molar-refractivity contribution >= 4 is 17.8 Å². The molecule has 0 saturated heterocycles. The molecule has 0 amide bonds. The van der Waals surface area contributed by atoms with Crippen molar-refractivity contribution in [2.45, 2.75) is 5.92 Å². The van der Waals surface area contributed by atoms with Gasteiger partial charge in [0.25, 0.3) is 0 Å². The summed E-state index contributed by atoms with van der Waals surface area (Å²) in [6.45, 7) is 0. The number of hydrogen-bond acceptors (Lipinski definition) is 3. The topological polar surface area (TPSA) is 35.5 Å². The molecule has 3 aromatic rings. The van der Waals surface area contributed by atoms with Gasteiger partial charge in [0, 0.05) is 16.2 Å². The first kappa shape index (κ1) is 20.0. The van der Waals surface area contributed by atoms with Crippen molar-refractivity contribution in [1.29, 1.82) is 0 Å². The second kappa shape index (κ2) is 7.72. The second-order valence-corrected chi connectivity index (χ2v) is 8.69. The van der Waals surface area contributed by atoms with Crippen molar-refractivity contribution in [2.24, 2.45) is 0 Å². The van der Waals surface area contributed by atoms with Crippen LogP contribution in [0, 0.1) is 0 Å². The Kier molecular flexibility index (Phi) is 5.52. The van der Waals surface area contributed by atoms with E-state index in [0.717, 1.165) is 0 Å². The summed E-state index contributed by atoms with van der Waals surface area (Å²) in [6.07, 6.45) is 0. The largest absolute Gasteiger partial charge is 0.496 e. The van der Waals surface area contributed by atoms with Crippen molar-refractivity contribution in [3.05, 3.63) is 72.8 Å². The molecule has 0 N–H and O–H groups in total. The van der Waals surface area contributed by atoms with Crippen LogP contribution in [0.25, 0.3) is 11.1 Å². The minimum absolute atomic E-state index is 0.154. The standard InChI is InChI=1S/C21H18F3O3P/c1-26-17-12-8-13-18(27-2)20(17)16-11-6-7-14-19(16)28(25,21(22,23)24)15-9-4-3-5-10-15/h3-14H,1-2H3/t28-/m1/s1. The highest BCUT2D eigenvalue weighted by atomic mass is 31.2. The minimum atomic E-state index is -4.98. The van der Waals surface area contributed by atoms with Crippen LogP contribution in [0.2, 0.25) is 0 Å². The molecular formula is C21H18F3O3P. The lowest BCUT2D eigenvalue weighted by atomic mass is 10.0. The SMILES string of the molecule is COc1cccc(OC)c1-c1ccccc1[P@](=O)(c1ccccc1)C(F)(F)F. The van der Waals surface area contributed by atoms with Gasteiger partial charge in [0.1, 0.15) is 11.5 Å². The molecule has 3 nitrogen and oxygen atoms in total. The Morgan fingerprint density at radius 1 is 0.750 bits per heavy atom. The Morgan fingerprint density at radius 2 is 1.29 bits per heavy atom. The monoisotopic (exact) mass is 406 g/mol. The quantitative estimate of drug-likeness (QED) is 0.546. The van der Waals surface area contributed by atoms with E-state index in [4.69, 9.17) is 9.47 Å². The molecule has 0 aliphatic carbocycles. The zero-order valence-electron chi connectivity index (χ0n) is 15.2. The highest BCUT2D eigenvalue weighted by Crippen LogP contribution is 2.60. The van der Waals surface area contributed by atoms with Crippen LogP contribution >= 0.6 is 7.14 Å². The summed E-state index contributed by atoms with van der Waals surface area (Å²) >= 11 is 0. The van der Waals surface area contributed by atoms with Gasteiger partial charge in [-0.3, -0.25) is 0 Å². The first-order chi connectivity index (χ1) is 13.3. The first-order valence-corrected chi connectivity index (χ1v) is 10.1. The number of benzene rings is 3. The van der Waals surface area contributed by atoms with E-state index in [9.17, 15) is 17.7 Å². The second-order valence-electron chi connectivity index (χ2n) is 5.97. The van der Waals surface area contributed by atoms with Crippen LogP contribution in [0.3, 0.4) is 0 Å². The summed E-state index contributed by atoms with van der Waals surface area (Å²) in [5, 5.41) is -0.583. The molecule has 0 aliphatic rings. The molecule has 146 valence electrons. The Morgan fingerprint density at radius 3 is 1.82 bits per heavy atom. The molecule has 3 aromatic carbocycles. The fourth-order valence-corrected chi connectivity index (χ4v) is 5.39. The lowest BCUT2D eigenvalue weighted by molar-refractivity contribution is -0.0436. The Balaban J connectivity index is 2.39. The van der Waals surface area contributed by atoms with Crippen LogP contribution in [-0.2, 0) is 4.57 Å². The normalized spacial score (nSPS) is 13.6. The number of halogens is 3. The van der Waals surface area contributed by atoms with Crippen LogP contribution in [-0.4, -0.2) is 20.1 Å². The van der Waals surface area contributed by atoms with Gasteiger partial charge < -0.3 is 14.0 Å². The molecule has 0 saturated carbocycles. The number of ether oxygens (including phenoxy) is 2. The van der Waals surface area contributed by atoms with Crippen LogP contribution < -0.4 is 20.1 Å². The minimum Gasteiger partial charge on any atom is -0.496 e. The molecule has 0 aliphatic heterocycles. The molecule has 28 heavy (non-hydrogen) atoms. The van der Waals surface area contributed by atoms with Gasteiger partial charge >= 0.3 is 5.92 Å². The number of alkyl halides is 3. The van der Waals surface area contributed by atoms with E-state index in [0.29, 0.717) is 17.1 Å². The summed E-state index contributed by atoms with van der Waals surface area (Å²) in [6, 6.07) is 17.7. The van der Waals surface area contributed by atoms with Crippen LogP contribution in [0.15, 0.2) is 72.8 Å². The first-order valence-electron chi connectivity index (χ1n) is 8.38. The average Bonchev–Trinajstić information content (AvgIpc) is 2.72. The lowest BCUT2D eigenvalue weighted by Gasteiger charge is -2.25. The van der Waals surface area contributed by atoms with Gasteiger partial charge in [-0.1, -0.05) is 60.7 Å². The van der Waals surface area contributed by atoms with Crippen molar-refractivity contribution in [2.75, 3.05) is 14.2 Å². The third-order valence-electron chi connectivity index (χ3n) is 4.42. The van der Waals surface area contributed by atoms with E-state index in [1.54, 1.807) is 30.3 Å². The van der Waals surface area contributed by atoms with Crippen molar-refractivity contribution < 1.29 is 27.2 Å². The number of methoxy groups -OCH3 is 2. The van der Waals surface area contributed by atoms with E-state index in [1.807, 2.05) is 0 Å². The van der Waals surface area contributed by atoms with Gasteiger partial charge in [-0.2, -0.15) is 13.2 Å². The van der Waals surface area contributed by atoms with E-state index in [2.05, 4.69) is 0 Å². The predicted octanol–water partition coefficient (Wildman–Crippen LogP) is 5.20. The van der Waals surface area contributed by atoms with Gasteiger partial charge in [0.05, 0.1) is 19.8 Å². The third kappa shape index (κ3) is 3.29. The summed E-state index contributed by atoms with van der Waals surface area (Å²) in [5.74, 6) is -4.30. The van der Waals surface area contributed by atoms with Gasteiger partial charge in [0.2, 0.25) is 7.14 Å². The molecule has 0 bridgehead atoms. The maximum absolute atomic E-state index is 14.2. The Bertz CT molecular complexity index is 995. The van der Waals surface area contributed by atoms with Gasteiger partial charge in [0.15, 0.2) is 0 Å². The molecule has 0 spiro atoms. The van der Waals surface area contributed by atoms with E-state index < -0.39 is 13.1 Å². The van der Waals surface area contributed by atoms with Gasteiger partial charge in [-0.25, -0.2) is 0 Å². The summed E-state index contributed by atoms with van der Waals surface area (Å²) < 4.78 is 67.0. The molecule has 7 heteroatoms. The number of hydrogen-bond donors (Lipinski definition) is 0. The van der Waals surface area contributed by atoms with Gasteiger partial charge in [-0.05, 0) is 12.1 Å². The van der Waals surface area contributed by atoms with Crippen LogP contribution in [0.1, 0.15) is 0 Å². The molecule has 0 radical (unpaired) electrons. The molecule has 0 fully saturated rings. The zero-order valence-corrected chi connectivity index (χ0v) is 16.1. The van der Waals surface area contributed by atoms with Crippen molar-refractivity contribution in [3.8, 4) is 22.6 Å². The van der Waals surface area contributed by atoms with Gasteiger partial charge in [-0.15, -0.1) is 0 Å². The average molecular weight is 406 g/mol. The highest BCUT2D eigenvalue weighted by Gasteiger charge is 2.54. The molecule has 0 unspecified atom stereocenters. The Hall–Kier alpha value is -2.72. The van der Waals surface area contributed by atoms with Crippen LogP contribution in [0.4, 0.5) is 13.2 Å². The summed E-state index contributed by atoms with van der Waals surface area (Å²) in [7, 11) is -2.15. The predicted molar refractivity (Wildman–Crippen MR) is 104 cm³/mol.